The molecule has 0 radical (unpaired) electrons. The third-order valence-electron chi connectivity index (χ3n) is 3.21. The topological polar surface area (TPSA) is 73.6 Å². The number of rotatable bonds is 4. The third-order valence-corrected chi connectivity index (χ3v) is 3.21. The van der Waals surface area contributed by atoms with E-state index in [4.69, 9.17) is 9.47 Å². The van der Waals surface area contributed by atoms with Crippen LogP contribution in [0.5, 0.6) is 5.75 Å². The fourth-order valence-corrected chi connectivity index (χ4v) is 2.31. The number of para-hydroxylation sites is 1. The number of nitrogens with one attached hydrogen (secondary N) is 1. The SMILES string of the molecule is Cc1cccc([N+](=O)[O-])c1OCC1CNCC(C)(C)O1. The molecule has 1 aliphatic rings. The van der Waals surface area contributed by atoms with E-state index in [2.05, 4.69) is 5.32 Å². The van der Waals surface area contributed by atoms with Crippen LogP contribution in [-0.4, -0.2) is 36.3 Å². The lowest BCUT2D eigenvalue weighted by atomic mass is 10.1. The highest BCUT2D eigenvalue weighted by molar-refractivity contribution is 5.51. The summed E-state index contributed by atoms with van der Waals surface area (Å²) in [5.74, 6) is 0.324. The zero-order chi connectivity index (χ0) is 14.8. The van der Waals surface area contributed by atoms with Crippen LogP contribution < -0.4 is 10.1 Å². The third kappa shape index (κ3) is 3.46. The molecule has 0 aromatic heterocycles. The first-order valence-corrected chi connectivity index (χ1v) is 6.64. The molecule has 6 nitrogen and oxygen atoms in total. The van der Waals surface area contributed by atoms with Crippen molar-refractivity contribution in [3.05, 3.63) is 33.9 Å². The molecular formula is C14H20N2O4. The van der Waals surface area contributed by atoms with E-state index in [-0.39, 0.29) is 17.4 Å². The van der Waals surface area contributed by atoms with Crippen molar-refractivity contribution < 1.29 is 14.4 Å². The Morgan fingerprint density at radius 1 is 1.55 bits per heavy atom. The van der Waals surface area contributed by atoms with E-state index < -0.39 is 4.92 Å². The van der Waals surface area contributed by atoms with Gasteiger partial charge in [0.2, 0.25) is 0 Å². The molecule has 1 aliphatic heterocycles. The van der Waals surface area contributed by atoms with Crippen LogP contribution in [0.1, 0.15) is 19.4 Å². The summed E-state index contributed by atoms with van der Waals surface area (Å²) in [5.41, 5.74) is 0.500. The van der Waals surface area contributed by atoms with Crippen molar-refractivity contribution in [2.75, 3.05) is 19.7 Å². The van der Waals surface area contributed by atoms with E-state index in [9.17, 15) is 10.1 Å². The lowest BCUT2D eigenvalue weighted by Crippen LogP contribution is -2.52. The number of nitrogens with zero attached hydrogens (tertiary/aromatic N) is 1. The summed E-state index contributed by atoms with van der Waals surface area (Å²) in [6, 6.07) is 4.90. The van der Waals surface area contributed by atoms with Gasteiger partial charge in [-0.15, -0.1) is 0 Å². The minimum absolute atomic E-state index is 0.00645. The summed E-state index contributed by atoms with van der Waals surface area (Å²) in [4.78, 5) is 10.6. The van der Waals surface area contributed by atoms with E-state index in [1.165, 1.54) is 6.07 Å². The molecule has 0 amide bonds. The molecule has 1 heterocycles. The average molecular weight is 280 g/mol. The summed E-state index contributed by atoms with van der Waals surface area (Å²) in [6.07, 6.45) is -0.113. The molecule has 1 fully saturated rings. The maximum absolute atomic E-state index is 11.0. The molecule has 1 saturated heterocycles. The van der Waals surface area contributed by atoms with Gasteiger partial charge < -0.3 is 14.8 Å². The number of nitro groups is 1. The Hall–Kier alpha value is -1.66. The Morgan fingerprint density at radius 2 is 2.30 bits per heavy atom. The number of hydrogen-bond donors (Lipinski definition) is 1. The van der Waals surface area contributed by atoms with E-state index in [0.717, 1.165) is 12.1 Å². The second-order valence-electron chi connectivity index (χ2n) is 5.62. The highest BCUT2D eigenvalue weighted by Gasteiger charge is 2.29. The van der Waals surface area contributed by atoms with Gasteiger partial charge in [0, 0.05) is 19.2 Å². The summed E-state index contributed by atoms with van der Waals surface area (Å²) in [7, 11) is 0. The van der Waals surface area contributed by atoms with Crippen LogP contribution in [0.25, 0.3) is 0 Å². The van der Waals surface area contributed by atoms with Gasteiger partial charge in [-0.25, -0.2) is 0 Å². The van der Waals surface area contributed by atoms with Gasteiger partial charge in [-0.3, -0.25) is 10.1 Å². The molecule has 20 heavy (non-hydrogen) atoms. The van der Waals surface area contributed by atoms with Crippen molar-refractivity contribution in [2.24, 2.45) is 0 Å². The monoisotopic (exact) mass is 280 g/mol. The van der Waals surface area contributed by atoms with Crippen LogP contribution in [-0.2, 0) is 4.74 Å². The Labute approximate surface area is 118 Å². The Bertz CT molecular complexity index is 502. The lowest BCUT2D eigenvalue weighted by molar-refractivity contribution is -0.386. The number of morpholine rings is 1. The van der Waals surface area contributed by atoms with Crippen LogP contribution in [0.15, 0.2) is 18.2 Å². The second kappa shape index (κ2) is 5.76. The van der Waals surface area contributed by atoms with Crippen LogP contribution in [0, 0.1) is 17.0 Å². The maximum atomic E-state index is 11.0. The first-order valence-electron chi connectivity index (χ1n) is 6.64. The molecule has 0 spiro atoms. The Morgan fingerprint density at radius 3 is 2.95 bits per heavy atom. The van der Waals surface area contributed by atoms with Gasteiger partial charge in [0.25, 0.3) is 0 Å². The Kier molecular flexibility index (Phi) is 4.25. The molecule has 0 bridgehead atoms. The summed E-state index contributed by atoms with van der Waals surface area (Å²) >= 11 is 0. The summed E-state index contributed by atoms with van der Waals surface area (Å²) in [6.45, 7) is 7.57. The fourth-order valence-electron chi connectivity index (χ4n) is 2.31. The Balaban J connectivity index is 2.06. The molecule has 1 unspecified atom stereocenters. The van der Waals surface area contributed by atoms with E-state index in [1.54, 1.807) is 19.1 Å². The molecule has 110 valence electrons. The minimum atomic E-state index is -0.424. The minimum Gasteiger partial charge on any atom is -0.484 e. The van der Waals surface area contributed by atoms with Crippen molar-refractivity contribution in [1.29, 1.82) is 0 Å². The molecule has 1 aromatic rings. The number of nitro benzene ring substituents is 1. The second-order valence-corrected chi connectivity index (χ2v) is 5.62. The number of benzene rings is 1. The largest absolute Gasteiger partial charge is 0.484 e. The fraction of sp³-hybridized carbons (Fsp3) is 0.571. The summed E-state index contributed by atoms with van der Waals surface area (Å²) in [5, 5.41) is 14.3. The van der Waals surface area contributed by atoms with Gasteiger partial charge in [0.15, 0.2) is 5.75 Å². The molecule has 6 heteroatoms. The number of hydrogen-bond acceptors (Lipinski definition) is 5. The van der Waals surface area contributed by atoms with Crippen molar-refractivity contribution in [3.8, 4) is 5.75 Å². The molecular weight excluding hydrogens is 260 g/mol. The van der Waals surface area contributed by atoms with Crippen LogP contribution in [0.3, 0.4) is 0 Å². The van der Waals surface area contributed by atoms with Gasteiger partial charge in [-0.1, -0.05) is 12.1 Å². The number of ether oxygens (including phenoxy) is 2. The molecule has 2 rings (SSSR count). The first-order chi connectivity index (χ1) is 9.39. The highest BCUT2D eigenvalue weighted by Crippen LogP contribution is 2.30. The standard InChI is InChI=1S/C14H20N2O4/c1-10-5-4-6-12(16(17)18)13(10)19-8-11-7-15-9-14(2,3)20-11/h4-6,11,15H,7-9H2,1-3H3. The zero-order valence-electron chi connectivity index (χ0n) is 12.0. The highest BCUT2D eigenvalue weighted by atomic mass is 16.6. The van der Waals surface area contributed by atoms with Crippen molar-refractivity contribution in [3.63, 3.8) is 0 Å². The van der Waals surface area contributed by atoms with E-state index >= 15 is 0 Å². The van der Waals surface area contributed by atoms with Gasteiger partial charge in [-0.2, -0.15) is 0 Å². The van der Waals surface area contributed by atoms with Gasteiger partial charge in [0.1, 0.15) is 12.7 Å². The predicted octanol–water partition coefficient (Wildman–Crippen LogP) is 2.05. The van der Waals surface area contributed by atoms with Crippen LogP contribution in [0.4, 0.5) is 5.69 Å². The molecule has 0 saturated carbocycles. The maximum Gasteiger partial charge on any atom is 0.311 e. The lowest BCUT2D eigenvalue weighted by Gasteiger charge is -2.36. The van der Waals surface area contributed by atoms with Crippen LogP contribution >= 0.6 is 0 Å². The van der Waals surface area contributed by atoms with E-state index in [0.29, 0.717) is 18.9 Å². The summed E-state index contributed by atoms with van der Waals surface area (Å²) < 4.78 is 11.5. The van der Waals surface area contributed by atoms with Gasteiger partial charge >= 0.3 is 5.69 Å². The van der Waals surface area contributed by atoms with Gasteiger partial charge in [0.05, 0.1) is 10.5 Å². The van der Waals surface area contributed by atoms with E-state index in [1.807, 2.05) is 13.8 Å². The van der Waals surface area contributed by atoms with Crippen molar-refractivity contribution in [1.82, 2.24) is 5.32 Å². The average Bonchev–Trinajstić information content (AvgIpc) is 2.35. The molecule has 1 atom stereocenters. The quantitative estimate of drug-likeness (QED) is 0.675. The van der Waals surface area contributed by atoms with Crippen molar-refractivity contribution >= 4 is 5.69 Å². The van der Waals surface area contributed by atoms with Crippen molar-refractivity contribution in [2.45, 2.75) is 32.5 Å². The smallest absolute Gasteiger partial charge is 0.311 e. The first kappa shape index (κ1) is 14.7. The molecule has 1 aromatic carbocycles. The van der Waals surface area contributed by atoms with Gasteiger partial charge in [-0.05, 0) is 26.3 Å². The molecule has 1 N–H and O–H groups in total. The predicted molar refractivity (Wildman–Crippen MR) is 75.2 cm³/mol. The zero-order valence-corrected chi connectivity index (χ0v) is 12.0. The molecule has 0 aliphatic carbocycles. The number of aryl methyl sites for hydroxylation is 1. The normalized spacial score (nSPS) is 21.4. The van der Waals surface area contributed by atoms with Crippen LogP contribution in [0.2, 0.25) is 0 Å².